The van der Waals surface area contributed by atoms with Crippen LogP contribution in [-0.4, -0.2) is 51.5 Å². The number of amides is 1. The lowest BCUT2D eigenvalue weighted by molar-refractivity contribution is -0.125. The summed E-state index contributed by atoms with van der Waals surface area (Å²) in [6, 6.07) is 17.0. The molecular weight excluding hydrogens is 666 g/mol. The Morgan fingerprint density at radius 1 is 1.00 bits per heavy atom. The number of Topliss-reactive ketones (excluding diaryl/α,β-unsaturated/α-hetero) is 1. The van der Waals surface area contributed by atoms with Gasteiger partial charge in [0, 0.05) is 83.5 Å². The van der Waals surface area contributed by atoms with Crippen LogP contribution in [0.1, 0.15) is 52.9 Å². The molecule has 1 N–H and O–H groups in total. The van der Waals surface area contributed by atoms with Gasteiger partial charge < -0.3 is 14.5 Å². The first-order chi connectivity index (χ1) is 24.3. The average Bonchev–Trinajstić information content (AvgIpc) is 3.74. The summed E-state index contributed by atoms with van der Waals surface area (Å²) in [5, 5.41) is 4.86. The van der Waals surface area contributed by atoms with Crippen molar-refractivity contribution in [1.82, 2.24) is 19.4 Å². The third-order valence-electron chi connectivity index (χ3n) is 9.28. The number of benzene rings is 3. The highest BCUT2D eigenvalue weighted by molar-refractivity contribution is 6.30. The highest BCUT2D eigenvalue weighted by Gasteiger charge is 2.34. The highest BCUT2D eigenvalue weighted by atomic mass is 35.5. The molecule has 3 aromatic carbocycles. The lowest BCUT2D eigenvalue weighted by atomic mass is 10.0. The molecule has 266 valence electrons. The molecule has 0 unspecified atom stereocenters. The Balaban J connectivity index is 0.000000226. The van der Waals surface area contributed by atoms with Gasteiger partial charge in [-0.1, -0.05) is 66.2 Å². The van der Waals surface area contributed by atoms with E-state index in [4.69, 9.17) is 11.6 Å². The number of rotatable bonds is 11. The van der Waals surface area contributed by atoms with Crippen LogP contribution in [0.3, 0.4) is 0 Å². The van der Waals surface area contributed by atoms with Gasteiger partial charge in [-0.3, -0.25) is 14.5 Å². The zero-order valence-corrected chi connectivity index (χ0v) is 30.5. The van der Waals surface area contributed by atoms with Gasteiger partial charge in [0.05, 0.1) is 11.1 Å². The van der Waals surface area contributed by atoms with E-state index < -0.39 is 18.0 Å². The largest absolute Gasteiger partial charge is 0.351 e. The summed E-state index contributed by atoms with van der Waals surface area (Å²) < 4.78 is 31.1. The van der Waals surface area contributed by atoms with E-state index in [9.17, 15) is 18.4 Å². The third-order valence-corrected chi connectivity index (χ3v) is 9.57. The molecule has 2 aromatic heterocycles. The fourth-order valence-electron chi connectivity index (χ4n) is 6.72. The van der Waals surface area contributed by atoms with E-state index in [0.717, 1.165) is 46.1 Å². The summed E-state index contributed by atoms with van der Waals surface area (Å²) in [5.74, 6) is -0.735. The molecule has 1 aliphatic rings. The normalized spacial score (nSPS) is 15.8. The topological polar surface area (TPSA) is 59.3 Å². The molecule has 6 rings (SSSR count). The number of likely N-dealkylation sites (tertiary alicyclic amines) is 1. The fourth-order valence-corrected chi connectivity index (χ4v) is 6.92. The molecular formula is C42H45ClF2N4O2. The van der Waals surface area contributed by atoms with Gasteiger partial charge in [-0.25, -0.2) is 8.78 Å². The molecule has 5 aromatic rings. The second-order valence-electron chi connectivity index (χ2n) is 13.5. The minimum Gasteiger partial charge on any atom is -0.351 e. The van der Waals surface area contributed by atoms with Crippen molar-refractivity contribution in [3.8, 4) is 0 Å². The minimum atomic E-state index is -0.983. The van der Waals surface area contributed by atoms with Crippen molar-refractivity contribution in [1.29, 1.82) is 0 Å². The number of fused-ring (bicyclic) bond motifs is 2. The molecule has 9 heteroatoms. The lowest BCUT2D eigenvalue weighted by Crippen LogP contribution is -2.41. The number of likely N-dealkylation sites (N-methyl/N-ethyl adjacent to an activating group) is 1. The molecule has 51 heavy (non-hydrogen) atoms. The first-order valence-electron chi connectivity index (χ1n) is 17.0. The maximum absolute atomic E-state index is 13.6. The van der Waals surface area contributed by atoms with E-state index in [1.54, 1.807) is 31.0 Å². The molecule has 1 saturated heterocycles. The molecule has 2 atom stereocenters. The van der Waals surface area contributed by atoms with E-state index in [0.29, 0.717) is 12.1 Å². The van der Waals surface area contributed by atoms with E-state index >= 15 is 0 Å². The smallest absolute Gasteiger partial charge is 0.237 e. The minimum absolute atomic E-state index is 0.0218. The second-order valence-corrected chi connectivity index (χ2v) is 13.9. The molecule has 3 heterocycles. The number of aromatic nitrogens is 2. The van der Waals surface area contributed by atoms with Crippen LogP contribution in [0.2, 0.25) is 5.02 Å². The standard InChI is InChI=1S/C29H30N2O.C13H15ClF2N2O/c1-7-12-30-17-26(19(2)3)25-15-23(9-11-28(25)30)13-21(5)16-31-18-27(22(6)32)24-14-20(4)8-10-29(24)31;1-18-7-9(15)5-11(18)13(19)17-6-8-3-2-4-10(14)12(8)16/h7-11,14-15,17-18H,1-2,5,12-13,16H2,3-4,6H3;2-4,9,11H,5-7H2,1H3,(H,17,19)/t;9-,11+/m.1/s1. The Bertz CT molecular complexity index is 2150. The van der Waals surface area contributed by atoms with Gasteiger partial charge >= 0.3 is 0 Å². The SMILES string of the molecule is C=CCn1cc(C(=C)C)c2cc(CC(=C)Cn3cc(C(C)=O)c4cc(C)ccc43)ccc21.CN1C[C@H](F)C[C@H]1C(=O)NCc1cccc(Cl)c1F. The van der Waals surface area contributed by atoms with Crippen molar-refractivity contribution >= 4 is 50.7 Å². The molecule has 0 spiro atoms. The summed E-state index contributed by atoms with van der Waals surface area (Å²) in [6.45, 7) is 19.9. The highest BCUT2D eigenvalue weighted by Crippen LogP contribution is 2.29. The van der Waals surface area contributed by atoms with Crippen molar-refractivity contribution in [2.45, 2.75) is 65.5 Å². The van der Waals surface area contributed by atoms with Crippen LogP contribution in [0.5, 0.6) is 0 Å². The summed E-state index contributed by atoms with van der Waals surface area (Å²) in [6.07, 6.45) is 6.01. The number of nitrogens with zero attached hydrogens (tertiary/aromatic N) is 3. The first-order valence-corrected chi connectivity index (χ1v) is 17.4. The van der Waals surface area contributed by atoms with E-state index in [-0.39, 0.29) is 36.2 Å². The van der Waals surface area contributed by atoms with Gasteiger partial charge in [0.1, 0.15) is 12.0 Å². The number of ketones is 1. The number of carbonyl (C=O) groups excluding carboxylic acids is 2. The molecule has 1 fully saturated rings. The molecule has 0 aliphatic carbocycles. The molecule has 1 aliphatic heterocycles. The van der Waals surface area contributed by atoms with Gasteiger partial charge in [-0.2, -0.15) is 0 Å². The van der Waals surface area contributed by atoms with Crippen LogP contribution in [-0.2, 0) is 30.8 Å². The van der Waals surface area contributed by atoms with Crippen LogP contribution in [0.4, 0.5) is 8.78 Å². The number of nitrogens with one attached hydrogen (secondary N) is 1. The number of carbonyl (C=O) groups is 2. The van der Waals surface area contributed by atoms with Crippen molar-refractivity contribution in [3.05, 3.63) is 137 Å². The van der Waals surface area contributed by atoms with Gasteiger partial charge in [0.25, 0.3) is 0 Å². The zero-order chi connectivity index (χ0) is 37.0. The quantitative estimate of drug-likeness (QED) is 0.110. The zero-order valence-electron chi connectivity index (χ0n) is 29.7. The number of aryl methyl sites for hydroxylation is 1. The molecule has 0 bridgehead atoms. The van der Waals surface area contributed by atoms with E-state index in [1.807, 2.05) is 19.2 Å². The summed E-state index contributed by atoms with van der Waals surface area (Å²) in [4.78, 5) is 25.7. The van der Waals surface area contributed by atoms with Crippen LogP contribution in [0.25, 0.3) is 27.4 Å². The lowest BCUT2D eigenvalue weighted by Gasteiger charge is -2.18. The van der Waals surface area contributed by atoms with Gasteiger partial charge in [-0.05, 0) is 75.7 Å². The number of hydrogen-bond acceptors (Lipinski definition) is 3. The number of halogens is 3. The van der Waals surface area contributed by atoms with Crippen molar-refractivity contribution in [3.63, 3.8) is 0 Å². The Morgan fingerprint density at radius 3 is 2.35 bits per heavy atom. The molecule has 6 nitrogen and oxygen atoms in total. The molecule has 0 radical (unpaired) electrons. The van der Waals surface area contributed by atoms with E-state index in [1.165, 1.54) is 28.1 Å². The Labute approximate surface area is 303 Å². The van der Waals surface area contributed by atoms with Crippen LogP contribution < -0.4 is 5.32 Å². The summed E-state index contributed by atoms with van der Waals surface area (Å²) in [7, 11) is 1.70. The van der Waals surface area contributed by atoms with Gasteiger partial charge in [-0.15, -0.1) is 6.58 Å². The number of alkyl halides is 1. The second kappa shape index (κ2) is 16.0. The van der Waals surface area contributed by atoms with Crippen molar-refractivity contribution < 1.29 is 18.4 Å². The van der Waals surface area contributed by atoms with Crippen molar-refractivity contribution in [2.75, 3.05) is 13.6 Å². The molecule has 0 saturated carbocycles. The predicted octanol–water partition coefficient (Wildman–Crippen LogP) is 9.26. The number of allylic oxidation sites excluding steroid dienone is 3. The Hall–Kier alpha value is -4.79. The van der Waals surface area contributed by atoms with E-state index in [2.05, 4.69) is 83.7 Å². The average molecular weight is 711 g/mol. The Morgan fingerprint density at radius 2 is 1.69 bits per heavy atom. The van der Waals surface area contributed by atoms with Crippen LogP contribution >= 0.6 is 11.6 Å². The predicted molar refractivity (Wildman–Crippen MR) is 206 cm³/mol. The van der Waals surface area contributed by atoms with Crippen LogP contribution in [0, 0.1) is 12.7 Å². The monoisotopic (exact) mass is 710 g/mol. The van der Waals surface area contributed by atoms with Crippen LogP contribution in [0.15, 0.2) is 98.4 Å². The first kappa shape index (κ1) is 37.5. The molecule has 1 amide bonds. The Kier molecular flexibility index (Phi) is 11.8. The van der Waals surface area contributed by atoms with Gasteiger partial charge in [0.15, 0.2) is 5.78 Å². The summed E-state index contributed by atoms with van der Waals surface area (Å²) in [5.41, 5.74) is 9.05. The third kappa shape index (κ3) is 8.58. The number of hydrogen-bond donors (Lipinski definition) is 1. The maximum atomic E-state index is 13.6. The van der Waals surface area contributed by atoms with Crippen molar-refractivity contribution in [2.24, 2.45) is 0 Å². The maximum Gasteiger partial charge on any atom is 0.237 e. The summed E-state index contributed by atoms with van der Waals surface area (Å²) >= 11 is 5.65. The van der Waals surface area contributed by atoms with Gasteiger partial charge in [0.2, 0.25) is 5.91 Å². The fraction of sp³-hybridized carbons (Fsp3) is 0.286.